The summed E-state index contributed by atoms with van der Waals surface area (Å²) in [6.45, 7) is -0.301. The second-order valence-corrected chi connectivity index (χ2v) is 5.19. The number of nitrogens with one attached hydrogen (secondary N) is 1. The maximum atomic E-state index is 11.5. The average molecular weight is 256 g/mol. The summed E-state index contributed by atoms with van der Waals surface area (Å²) in [5.41, 5.74) is 3.31. The van der Waals surface area contributed by atoms with Crippen molar-refractivity contribution >= 4 is 12.2 Å². The highest BCUT2D eigenvalue weighted by atomic mass is 16.3. The van der Waals surface area contributed by atoms with Gasteiger partial charge in [0.25, 0.3) is 0 Å². The van der Waals surface area contributed by atoms with E-state index >= 15 is 0 Å². The number of carbonyl (C=O) groups excluding carboxylic acids is 2. The molecule has 104 valence electrons. The van der Waals surface area contributed by atoms with Crippen molar-refractivity contribution in [3.63, 3.8) is 0 Å². The molecule has 0 bridgehead atoms. The van der Waals surface area contributed by atoms with Crippen LogP contribution in [0.5, 0.6) is 0 Å². The second-order valence-electron chi connectivity index (χ2n) is 5.19. The van der Waals surface area contributed by atoms with Gasteiger partial charge in [0.15, 0.2) is 6.29 Å². The number of aldehydes is 1. The van der Waals surface area contributed by atoms with Gasteiger partial charge in [-0.05, 0) is 18.8 Å². The topological polar surface area (TPSA) is 92.4 Å². The summed E-state index contributed by atoms with van der Waals surface area (Å²) < 4.78 is 0. The molecule has 18 heavy (non-hydrogen) atoms. The third kappa shape index (κ3) is 5.14. The van der Waals surface area contributed by atoms with E-state index in [-0.39, 0.29) is 18.7 Å². The first-order chi connectivity index (χ1) is 8.59. The van der Waals surface area contributed by atoms with E-state index in [1.165, 1.54) is 32.1 Å². The van der Waals surface area contributed by atoms with Gasteiger partial charge in [-0.15, -0.1) is 0 Å². The Hall–Kier alpha value is -0.940. The molecule has 0 aromatic rings. The number of hydrogen-bond donors (Lipinski definition) is 3. The Kier molecular flexibility index (Phi) is 6.29. The summed E-state index contributed by atoms with van der Waals surface area (Å²) in [7, 11) is 0. The molecular formula is C13H24N2O3. The molecule has 0 heterocycles. The lowest BCUT2D eigenvalue weighted by Gasteiger charge is -2.22. The zero-order valence-electron chi connectivity index (χ0n) is 10.9. The lowest BCUT2D eigenvalue weighted by Crippen LogP contribution is -2.55. The quantitative estimate of drug-likeness (QED) is 0.462. The van der Waals surface area contributed by atoms with Crippen molar-refractivity contribution in [3.05, 3.63) is 0 Å². The molecule has 1 saturated carbocycles. The molecule has 1 amide bonds. The first-order valence-electron chi connectivity index (χ1n) is 6.79. The van der Waals surface area contributed by atoms with Crippen LogP contribution >= 0.6 is 0 Å². The minimum Gasteiger partial charge on any atom is -0.364 e. The van der Waals surface area contributed by atoms with E-state index in [2.05, 4.69) is 5.32 Å². The zero-order chi connectivity index (χ0) is 13.4. The molecule has 5 nitrogen and oxygen atoms in total. The van der Waals surface area contributed by atoms with Crippen LogP contribution in [0.25, 0.3) is 0 Å². The van der Waals surface area contributed by atoms with Gasteiger partial charge in [0.1, 0.15) is 0 Å². The molecule has 1 rings (SSSR count). The summed E-state index contributed by atoms with van der Waals surface area (Å²) in [5, 5.41) is 11.8. The Morgan fingerprint density at radius 2 is 2.06 bits per heavy atom. The van der Waals surface area contributed by atoms with Gasteiger partial charge in [-0.25, -0.2) is 0 Å². The molecule has 4 N–H and O–H groups in total. The van der Waals surface area contributed by atoms with E-state index in [1.54, 1.807) is 0 Å². The molecule has 0 spiro atoms. The van der Waals surface area contributed by atoms with Crippen molar-refractivity contribution in [1.29, 1.82) is 0 Å². The Morgan fingerprint density at radius 1 is 1.39 bits per heavy atom. The fourth-order valence-electron chi connectivity index (χ4n) is 2.46. The predicted molar refractivity (Wildman–Crippen MR) is 68.6 cm³/mol. The minimum atomic E-state index is -1.90. The summed E-state index contributed by atoms with van der Waals surface area (Å²) in [6, 6.07) is 0. The molecule has 1 atom stereocenters. The fourth-order valence-corrected chi connectivity index (χ4v) is 2.46. The van der Waals surface area contributed by atoms with Gasteiger partial charge in [-0.2, -0.15) is 0 Å². The Labute approximate surface area is 108 Å². The molecule has 0 aromatic carbocycles. The number of rotatable bonds is 7. The average Bonchev–Trinajstić information content (AvgIpc) is 2.40. The second kappa shape index (κ2) is 7.48. The summed E-state index contributed by atoms with van der Waals surface area (Å²) in [6.07, 6.45) is 8.93. The first-order valence-corrected chi connectivity index (χ1v) is 6.79. The van der Waals surface area contributed by atoms with Crippen LogP contribution in [0.4, 0.5) is 0 Å². The highest BCUT2D eigenvalue weighted by Crippen LogP contribution is 2.27. The SMILES string of the molecule is NCC(O)(C=O)NC(=O)CCCC1CCCCC1. The van der Waals surface area contributed by atoms with Crippen molar-refractivity contribution in [2.75, 3.05) is 6.54 Å². The number of nitrogens with two attached hydrogens (primary N) is 1. The Balaban J connectivity index is 2.18. The minimum absolute atomic E-state index is 0.270. The van der Waals surface area contributed by atoms with E-state index in [9.17, 15) is 14.7 Å². The van der Waals surface area contributed by atoms with Crippen LogP contribution in [0.3, 0.4) is 0 Å². The van der Waals surface area contributed by atoms with Gasteiger partial charge in [-0.1, -0.05) is 32.1 Å². The van der Waals surface area contributed by atoms with Crippen LogP contribution in [0, 0.1) is 5.92 Å². The highest BCUT2D eigenvalue weighted by molar-refractivity contribution is 5.80. The van der Waals surface area contributed by atoms with Crippen LogP contribution in [-0.4, -0.2) is 29.6 Å². The third-order valence-electron chi connectivity index (χ3n) is 3.60. The summed E-state index contributed by atoms with van der Waals surface area (Å²) in [4.78, 5) is 22.1. The van der Waals surface area contributed by atoms with Crippen LogP contribution in [-0.2, 0) is 9.59 Å². The van der Waals surface area contributed by atoms with Gasteiger partial charge in [0.2, 0.25) is 11.6 Å². The maximum absolute atomic E-state index is 11.5. The molecule has 1 aliphatic carbocycles. The Bertz CT molecular complexity index is 277. The molecule has 0 radical (unpaired) electrons. The van der Waals surface area contributed by atoms with E-state index in [1.807, 2.05) is 0 Å². The largest absolute Gasteiger partial charge is 0.364 e. The lowest BCUT2D eigenvalue weighted by atomic mass is 9.86. The van der Waals surface area contributed by atoms with E-state index in [0.29, 0.717) is 6.42 Å². The molecule has 0 aromatic heterocycles. The molecule has 1 fully saturated rings. The normalized spacial score (nSPS) is 20.1. The number of carbonyl (C=O) groups is 2. The maximum Gasteiger partial charge on any atom is 0.222 e. The van der Waals surface area contributed by atoms with Crippen molar-refractivity contribution in [2.45, 2.75) is 57.1 Å². The third-order valence-corrected chi connectivity index (χ3v) is 3.60. The Morgan fingerprint density at radius 3 is 2.61 bits per heavy atom. The fraction of sp³-hybridized carbons (Fsp3) is 0.846. The van der Waals surface area contributed by atoms with E-state index in [4.69, 9.17) is 5.73 Å². The van der Waals surface area contributed by atoms with Crippen molar-refractivity contribution < 1.29 is 14.7 Å². The van der Waals surface area contributed by atoms with Gasteiger partial charge < -0.3 is 16.2 Å². The molecular weight excluding hydrogens is 232 g/mol. The van der Waals surface area contributed by atoms with Gasteiger partial charge in [0.05, 0.1) is 0 Å². The van der Waals surface area contributed by atoms with Crippen LogP contribution in [0.2, 0.25) is 0 Å². The predicted octanol–water partition coefficient (Wildman–Crippen LogP) is 0.699. The monoisotopic (exact) mass is 256 g/mol. The smallest absolute Gasteiger partial charge is 0.222 e. The summed E-state index contributed by atoms with van der Waals surface area (Å²) in [5.74, 6) is 0.428. The molecule has 5 heteroatoms. The highest BCUT2D eigenvalue weighted by Gasteiger charge is 2.26. The molecule has 1 unspecified atom stereocenters. The van der Waals surface area contributed by atoms with Crippen LogP contribution in [0.1, 0.15) is 51.4 Å². The standard InChI is InChI=1S/C13H24N2O3/c14-9-13(18,10-16)15-12(17)8-4-7-11-5-2-1-3-6-11/h10-11,18H,1-9,14H2,(H,15,17). The van der Waals surface area contributed by atoms with Crippen LogP contribution < -0.4 is 11.1 Å². The number of aliphatic hydroxyl groups is 1. The molecule has 0 saturated heterocycles. The molecule has 1 aliphatic rings. The molecule has 0 aliphatic heterocycles. The van der Waals surface area contributed by atoms with E-state index < -0.39 is 5.72 Å². The van der Waals surface area contributed by atoms with Crippen molar-refractivity contribution in [1.82, 2.24) is 5.32 Å². The summed E-state index contributed by atoms with van der Waals surface area (Å²) >= 11 is 0. The van der Waals surface area contributed by atoms with E-state index in [0.717, 1.165) is 18.8 Å². The van der Waals surface area contributed by atoms with Crippen LogP contribution in [0.15, 0.2) is 0 Å². The van der Waals surface area contributed by atoms with Crippen molar-refractivity contribution in [2.24, 2.45) is 11.7 Å². The zero-order valence-corrected chi connectivity index (χ0v) is 10.9. The first kappa shape index (κ1) is 15.1. The van der Waals surface area contributed by atoms with Gasteiger partial charge in [-0.3, -0.25) is 9.59 Å². The number of amides is 1. The lowest BCUT2D eigenvalue weighted by molar-refractivity contribution is -0.137. The van der Waals surface area contributed by atoms with Crippen molar-refractivity contribution in [3.8, 4) is 0 Å². The van der Waals surface area contributed by atoms with Gasteiger partial charge in [0, 0.05) is 13.0 Å². The number of hydrogen-bond acceptors (Lipinski definition) is 4. The van der Waals surface area contributed by atoms with Gasteiger partial charge >= 0.3 is 0 Å².